The van der Waals surface area contributed by atoms with E-state index in [1.165, 1.54) is 19.3 Å². The van der Waals surface area contributed by atoms with Crippen molar-refractivity contribution >= 4 is 0 Å². The molecule has 2 unspecified atom stereocenters. The molecule has 2 atom stereocenters. The predicted molar refractivity (Wildman–Crippen MR) is 61.9 cm³/mol. The summed E-state index contributed by atoms with van der Waals surface area (Å²) in [5.41, 5.74) is 1.61. The molecule has 2 heterocycles. The summed E-state index contributed by atoms with van der Waals surface area (Å²) < 4.78 is 0. The molecule has 5 rings (SSSR count). The molecule has 2 aliphatic carbocycles. The minimum Gasteiger partial charge on any atom is -0.369 e. The molecule has 4 fully saturated rings. The maximum Gasteiger partial charge on any atom is 0 e. The molecule has 1 N–H and O–H groups in total. The van der Waals surface area contributed by atoms with Crippen LogP contribution in [-0.2, 0) is 21.1 Å². The van der Waals surface area contributed by atoms with Gasteiger partial charge in [0.25, 0.3) is 0 Å². The van der Waals surface area contributed by atoms with Crippen LogP contribution in [0.25, 0.3) is 0 Å². The first kappa shape index (κ1) is 12.2. The van der Waals surface area contributed by atoms with Crippen molar-refractivity contribution in [1.82, 2.24) is 5.32 Å². The first-order chi connectivity index (χ1) is 7.27. The second-order valence-corrected chi connectivity index (χ2v) is 4.79. The van der Waals surface area contributed by atoms with Gasteiger partial charge in [0.2, 0.25) is 0 Å². The summed E-state index contributed by atoms with van der Waals surface area (Å²) in [6.45, 7) is 3.72. The van der Waals surface area contributed by atoms with Gasteiger partial charge in [0.15, 0.2) is 0 Å². The fourth-order valence-corrected chi connectivity index (χ4v) is 2.82. The zero-order valence-corrected chi connectivity index (χ0v) is 12.2. The van der Waals surface area contributed by atoms with E-state index >= 15 is 0 Å². The number of hydrogen-bond donors (Lipinski definition) is 1. The molecule has 0 amide bonds. The summed E-state index contributed by atoms with van der Waals surface area (Å²) in [5.74, 6) is 1.77. The Kier molecular flexibility index (Phi) is 3.47. The first-order valence-corrected chi connectivity index (χ1v) is 5.61. The number of rotatable bonds is 0. The van der Waals surface area contributed by atoms with E-state index in [-0.39, 0.29) is 21.1 Å². The molecule has 0 aromatic heterocycles. The maximum absolute atomic E-state index is 3.72. The molecule has 2 saturated heterocycles. The Labute approximate surface area is 112 Å². The van der Waals surface area contributed by atoms with Gasteiger partial charge in [-0.2, -0.15) is 31.0 Å². The van der Waals surface area contributed by atoms with Crippen LogP contribution >= 0.6 is 0 Å². The van der Waals surface area contributed by atoms with Crippen LogP contribution in [0.1, 0.15) is 24.8 Å². The van der Waals surface area contributed by atoms with Gasteiger partial charge in [-0.1, -0.05) is 12.5 Å². The van der Waals surface area contributed by atoms with Crippen molar-refractivity contribution in [2.24, 2.45) is 0 Å². The van der Waals surface area contributed by atoms with Crippen molar-refractivity contribution in [3.63, 3.8) is 0 Å². The minimum atomic E-state index is 0. The van der Waals surface area contributed by atoms with Crippen molar-refractivity contribution in [1.29, 1.82) is 0 Å². The molecule has 4 aliphatic rings. The first-order valence-electron chi connectivity index (χ1n) is 5.61. The summed E-state index contributed by atoms with van der Waals surface area (Å²) >= 11 is 0. The third-order valence-corrected chi connectivity index (χ3v) is 3.66. The Morgan fingerprint density at radius 2 is 2.06 bits per heavy atom. The van der Waals surface area contributed by atoms with E-state index in [0.717, 1.165) is 11.6 Å². The van der Waals surface area contributed by atoms with Crippen molar-refractivity contribution in [3.8, 4) is 0 Å². The Hall–Kier alpha value is -0.262. The molecule has 3 bridgehead atoms. The monoisotopic (exact) mass is 382 g/mol. The van der Waals surface area contributed by atoms with Gasteiger partial charge in [0.1, 0.15) is 0 Å². The van der Waals surface area contributed by atoms with E-state index in [1.54, 1.807) is 5.92 Å². The Morgan fingerprint density at radius 3 is 2.25 bits per heavy atom. The van der Waals surface area contributed by atoms with Crippen LogP contribution in [0.15, 0.2) is 30.3 Å². The van der Waals surface area contributed by atoms with Gasteiger partial charge in [0, 0.05) is 21.1 Å². The van der Waals surface area contributed by atoms with Crippen molar-refractivity contribution in [2.45, 2.75) is 30.8 Å². The van der Waals surface area contributed by atoms with Crippen LogP contribution in [0.2, 0.25) is 0 Å². The van der Waals surface area contributed by atoms with Gasteiger partial charge in [-0.05, 0) is 0 Å². The molecule has 1 aromatic rings. The van der Waals surface area contributed by atoms with Crippen molar-refractivity contribution < 1.29 is 21.1 Å². The summed E-state index contributed by atoms with van der Waals surface area (Å²) in [6.07, 6.45) is 6.56. The van der Waals surface area contributed by atoms with Crippen LogP contribution in [0.4, 0.5) is 0 Å². The van der Waals surface area contributed by atoms with Gasteiger partial charge in [-0.15, -0.1) is 23.7 Å². The number of hydrogen-bond acceptors (Lipinski definition) is 1. The van der Waals surface area contributed by atoms with E-state index in [1.807, 2.05) is 30.3 Å². The molecule has 2 saturated carbocycles. The summed E-state index contributed by atoms with van der Waals surface area (Å²) in [5, 5.41) is 3.54. The second kappa shape index (κ2) is 4.55. The summed E-state index contributed by atoms with van der Waals surface area (Å²) in [6, 6.07) is 10.7. The van der Waals surface area contributed by atoms with Gasteiger partial charge < -0.3 is 24.1 Å². The van der Waals surface area contributed by atoms with E-state index in [4.69, 9.17) is 0 Å². The number of piperidine rings is 1. The van der Waals surface area contributed by atoms with Crippen LogP contribution < -0.4 is 5.32 Å². The minimum absolute atomic E-state index is 0. The van der Waals surface area contributed by atoms with Crippen molar-refractivity contribution in [3.05, 3.63) is 55.2 Å². The van der Waals surface area contributed by atoms with Gasteiger partial charge in [0.05, 0.1) is 0 Å². The topological polar surface area (TPSA) is 12.0 Å². The standard InChI is InChI=1S/C7H9N.C7H7.W/c1-2-7-3-5(1)6(4-7)8-7;1-7-5-3-2-4-6-7;/h2,6,8H,1,3-4H2;2-6H,1H2;/q-2;-1;. The maximum atomic E-state index is 3.72. The van der Waals surface area contributed by atoms with Crippen LogP contribution in [0.5, 0.6) is 0 Å². The zero-order chi connectivity index (χ0) is 10.3. The fourth-order valence-electron chi connectivity index (χ4n) is 2.82. The average Bonchev–Trinajstić information content (AvgIpc) is 2.84. The normalized spacial score (nSPS) is 33.4. The Bertz CT molecular complexity index is 338. The molecule has 16 heavy (non-hydrogen) atoms. The number of nitrogens with one attached hydrogen (secondary N) is 1. The second-order valence-electron chi connectivity index (χ2n) is 4.79. The van der Waals surface area contributed by atoms with Gasteiger partial charge >= 0.3 is 0 Å². The smallest absolute Gasteiger partial charge is 0 e. The van der Waals surface area contributed by atoms with Crippen LogP contribution in [0, 0.1) is 19.3 Å². The third kappa shape index (κ3) is 2.08. The molecular formula is C14H16NW-3. The van der Waals surface area contributed by atoms with Gasteiger partial charge in [-0.25, -0.2) is 0 Å². The van der Waals surface area contributed by atoms with Crippen LogP contribution in [0.3, 0.4) is 0 Å². The van der Waals surface area contributed by atoms with E-state index in [2.05, 4.69) is 18.7 Å². The molecule has 1 aromatic carbocycles. The molecule has 0 radical (unpaired) electrons. The fraction of sp³-hybridized carbons (Fsp3) is 0.357. The SMILES string of the molecule is [CH-]1C[C-]2CC13CC2N3.[CH2-]c1ccccc1.[W]. The van der Waals surface area contributed by atoms with Gasteiger partial charge in [-0.3, -0.25) is 0 Å². The van der Waals surface area contributed by atoms with Crippen molar-refractivity contribution in [2.75, 3.05) is 0 Å². The summed E-state index contributed by atoms with van der Waals surface area (Å²) in [7, 11) is 0. The average molecular weight is 382 g/mol. The van der Waals surface area contributed by atoms with Crippen LogP contribution in [-0.4, -0.2) is 11.6 Å². The van der Waals surface area contributed by atoms with E-state index < -0.39 is 0 Å². The molecule has 1 spiro atoms. The largest absolute Gasteiger partial charge is 0.369 e. The zero-order valence-electron chi connectivity index (χ0n) is 9.28. The molecular weight excluding hydrogens is 366 g/mol. The Morgan fingerprint density at radius 1 is 1.38 bits per heavy atom. The predicted octanol–water partition coefficient (Wildman–Crippen LogP) is 2.54. The van der Waals surface area contributed by atoms with E-state index in [9.17, 15) is 0 Å². The Balaban J connectivity index is 0.000000115. The number of benzene rings is 1. The molecule has 2 heteroatoms. The summed E-state index contributed by atoms with van der Waals surface area (Å²) in [4.78, 5) is 0. The molecule has 86 valence electrons. The third-order valence-electron chi connectivity index (χ3n) is 3.66. The quantitative estimate of drug-likeness (QED) is 0.681. The van der Waals surface area contributed by atoms with E-state index in [0.29, 0.717) is 5.54 Å². The molecule has 1 nitrogen and oxygen atoms in total. The molecule has 2 aliphatic heterocycles.